The molecule has 1 fully saturated rings. The number of carbonyl (C=O) groups is 1. The highest BCUT2D eigenvalue weighted by Crippen LogP contribution is 2.19. The Kier molecular flexibility index (Phi) is 3.80. The molecule has 6 nitrogen and oxygen atoms in total. The highest BCUT2D eigenvalue weighted by Gasteiger charge is 2.23. The number of aromatic nitrogens is 1. The number of aryl methyl sites for hydroxylation is 1. The van der Waals surface area contributed by atoms with E-state index in [2.05, 4.69) is 17.0 Å². The second-order valence-electron chi connectivity index (χ2n) is 6.22. The standard InChI is InChI=1S/C19H19N3O3/c1-20-16-8-7-14(13-17(16)25-19(20)24)18(23)22-11-9-21(10-12-22)15-5-3-2-4-6-15/h2-8,13H,9-12H2,1H3. The van der Waals surface area contributed by atoms with Gasteiger partial charge in [-0.05, 0) is 30.3 Å². The van der Waals surface area contributed by atoms with Crippen molar-refractivity contribution in [2.45, 2.75) is 0 Å². The Hall–Kier alpha value is -3.02. The molecule has 1 aromatic heterocycles. The van der Waals surface area contributed by atoms with Gasteiger partial charge in [0.05, 0.1) is 5.52 Å². The molecule has 0 aliphatic carbocycles. The van der Waals surface area contributed by atoms with Crippen molar-refractivity contribution in [2.24, 2.45) is 7.05 Å². The Morgan fingerprint density at radius 3 is 2.44 bits per heavy atom. The van der Waals surface area contributed by atoms with Crippen LogP contribution in [0.3, 0.4) is 0 Å². The summed E-state index contributed by atoms with van der Waals surface area (Å²) in [6.45, 7) is 2.95. The van der Waals surface area contributed by atoms with Gasteiger partial charge >= 0.3 is 5.76 Å². The van der Waals surface area contributed by atoms with E-state index in [1.54, 1.807) is 25.2 Å². The van der Waals surface area contributed by atoms with Crippen molar-refractivity contribution in [3.05, 3.63) is 64.6 Å². The van der Waals surface area contributed by atoms with Crippen molar-refractivity contribution in [1.29, 1.82) is 0 Å². The largest absolute Gasteiger partial charge is 0.419 e. The van der Waals surface area contributed by atoms with Crippen LogP contribution >= 0.6 is 0 Å². The second kappa shape index (κ2) is 6.12. The molecule has 0 N–H and O–H groups in total. The second-order valence-corrected chi connectivity index (χ2v) is 6.22. The van der Waals surface area contributed by atoms with Crippen molar-refractivity contribution in [3.63, 3.8) is 0 Å². The molecule has 4 rings (SSSR count). The van der Waals surface area contributed by atoms with Crippen LogP contribution in [-0.4, -0.2) is 41.6 Å². The number of hydrogen-bond acceptors (Lipinski definition) is 4. The summed E-state index contributed by atoms with van der Waals surface area (Å²) in [7, 11) is 1.65. The lowest BCUT2D eigenvalue weighted by atomic mass is 10.1. The van der Waals surface area contributed by atoms with Gasteiger partial charge in [0.1, 0.15) is 0 Å². The topological polar surface area (TPSA) is 58.7 Å². The van der Waals surface area contributed by atoms with Crippen LogP contribution in [0.15, 0.2) is 57.7 Å². The Labute approximate surface area is 144 Å². The maximum absolute atomic E-state index is 12.8. The van der Waals surface area contributed by atoms with Gasteiger partial charge in [-0.25, -0.2) is 4.79 Å². The normalized spacial score (nSPS) is 14.9. The van der Waals surface area contributed by atoms with Crippen molar-refractivity contribution >= 4 is 22.7 Å². The SMILES string of the molecule is Cn1c(=O)oc2cc(C(=O)N3CCN(c4ccccc4)CC3)ccc21. The quantitative estimate of drug-likeness (QED) is 0.718. The first-order valence-electron chi connectivity index (χ1n) is 8.32. The molecule has 2 heterocycles. The number of amides is 1. The summed E-state index contributed by atoms with van der Waals surface area (Å²) in [5.74, 6) is -0.447. The third kappa shape index (κ3) is 2.80. The predicted molar refractivity (Wildman–Crippen MR) is 96.0 cm³/mol. The molecular weight excluding hydrogens is 318 g/mol. The molecule has 1 amide bonds. The van der Waals surface area contributed by atoms with Gasteiger partial charge < -0.3 is 14.2 Å². The van der Waals surface area contributed by atoms with E-state index in [1.807, 2.05) is 23.1 Å². The Balaban J connectivity index is 1.50. The van der Waals surface area contributed by atoms with Gasteiger partial charge in [-0.3, -0.25) is 9.36 Å². The predicted octanol–water partition coefficient (Wildman–Crippen LogP) is 2.09. The molecule has 2 aromatic carbocycles. The van der Waals surface area contributed by atoms with Gasteiger partial charge in [0.25, 0.3) is 5.91 Å². The Bertz CT molecular complexity index is 966. The van der Waals surface area contributed by atoms with E-state index < -0.39 is 5.76 Å². The lowest BCUT2D eigenvalue weighted by molar-refractivity contribution is 0.0747. The zero-order chi connectivity index (χ0) is 17.4. The first kappa shape index (κ1) is 15.5. The maximum atomic E-state index is 12.8. The van der Waals surface area contributed by atoms with Crippen molar-refractivity contribution in [1.82, 2.24) is 9.47 Å². The minimum atomic E-state index is -0.420. The van der Waals surface area contributed by atoms with Crippen LogP contribution in [0.2, 0.25) is 0 Å². The average Bonchev–Trinajstić information content (AvgIpc) is 2.95. The number of carbonyl (C=O) groups excluding carboxylic acids is 1. The summed E-state index contributed by atoms with van der Waals surface area (Å²) in [5, 5.41) is 0. The van der Waals surface area contributed by atoms with Crippen molar-refractivity contribution in [3.8, 4) is 0 Å². The third-order valence-corrected chi connectivity index (χ3v) is 4.73. The highest BCUT2D eigenvalue weighted by molar-refractivity contribution is 5.97. The number of anilines is 1. The molecule has 0 atom stereocenters. The molecule has 128 valence electrons. The lowest BCUT2D eigenvalue weighted by Gasteiger charge is -2.36. The number of hydrogen-bond donors (Lipinski definition) is 0. The number of rotatable bonds is 2. The molecule has 6 heteroatoms. The van der Waals surface area contributed by atoms with Crippen LogP contribution in [-0.2, 0) is 7.05 Å². The van der Waals surface area contributed by atoms with Gasteiger partial charge in [0.15, 0.2) is 5.58 Å². The maximum Gasteiger partial charge on any atom is 0.419 e. The summed E-state index contributed by atoms with van der Waals surface area (Å²) in [5.41, 5.74) is 2.87. The average molecular weight is 337 g/mol. The van der Waals surface area contributed by atoms with Crippen LogP contribution in [0.1, 0.15) is 10.4 Å². The summed E-state index contributed by atoms with van der Waals surface area (Å²) in [6.07, 6.45) is 0. The van der Waals surface area contributed by atoms with Gasteiger partial charge in [-0.2, -0.15) is 0 Å². The number of piperazine rings is 1. The van der Waals surface area contributed by atoms with Gasteiger partial charge in [0.2, 0.25) is 0 Å². The van der Waals surface area contributed by atoms with Crippen molar-refractivity contribution in [2.75, 3.05) is 31.1 Å². The number of fused-ring (bicyclic) bond motifs is 1. The molecular formula is C19H19N3O3. The number of oxazole rings is 1. The number of benzene rings is 2. The molecule has 1 aliphatic heterocycles. The van der Waals surface area contributed by atoms with E-state index in [4.69, 9.17) is 4.42 Å². The van der Waals surface area contributed by atoms with Gasteiger partial charge in [0, 0.05) is 44.5 Å². The number of para-hydroxylation sites is 1. The zero-order valence-electron chi connectivity index (χ0n) is 14.0. The molecule has 0 radical (unpaired) electrons. The fraction of sp³-hybridized carbons (Fsp3) is 0.263. The molecule has 1 aliphatic rings. The first-order valence-corrected chi connectivity index (χ1v) is 8.32. The van der Waals surface area contributed by atoms with Gasteiger partial charge in [-0.1, -0.05) is 18.2 Å². The summed E-state index contributed by atoms with van der Waals surface area (Å²) < 4.78 is 6.61. The zero-order valence-corrected chi connectivity index (χ0v) is 14.0. The monoisotopic (exact) mass is 337 g/mol. The van der Waals surface area contributed by atoms with Crippen LogP contribution in [0.5, 0.6) is 0 Å². The van der Waals surface area contributed by atoms with Crippen LogP contribution in [0.4, 0.5) is 5.69 Å². The Morgan fingerprint density at radius 1 is 1.00 bits per heavy atom. The molecule has 25 heavy (non-hydrogen) atoms. The van der Waals surface area contributed by atoms with E-state index in [0.29, 0.717) is 29.8 Å². The van der Waals surface area contributed by atoms with E-state index in [1.165, 1.54) is 10.3 Å². The van der Waals surface area contributed by atoms with Crippen LogP contribution in [0.25, 0.3) is 11.1 Å². The summed E-state index contributed by atoms with van der Waals surface area (Å²) in [6, 6.07) is 15.4. The van der Waals surface area contributed by atoms with Gasteiger partial charge in [-0.15, -0.1) is 0 Å². The van der Waals surface area contributed by atoms with E-state index in [9.17, 15) is 9.59 Å². The summed E-state index contributed by atoms with van der Waals surface area (Å²) in [4.78, 5) is 28.5. The smallest absolute Gasteiger partial charge is 0.408 e. The fourth-order valence-corrected chi connectivity index (χ4v) is 3.26. The number of nitrogens with zero attached hydrogens (tertiary/aromatic N) is 3. The fourth-order valence-electron chi connectivity index (χ4n) is 3.26. The van der Waals surface area contributed by atoms with E-state index >= 15 is 0 Å². The molecule has 0 saturated carbocycles. The van der Waals surface area contributed by atoms with Crippen molar-refractivity contribution < 1.29 is 9.21 Å². The minimum absolute atomic E-state index is 0.0267. The van der Waals surface area contributed by atoms with Crippen LogP contribution in [0, 0.1) is 0 Å². The first-order chi connectivity index (χ1) is 12.1. The molecule has 3 aromatic rings. The minimum Gasteiger partial charge on any atom is -0.408 e. The van der Waals surface area contributed by atoms with E-state index in [-0.39, 0.29) is 5.91 Å². The molecule has 0 unspecified atom stereocenters. The summed E-state index contributed by atoms with van der Waals surface area (Å²) >= 11 is 0. The van der Waals surface area contributed by atoms with E-state index in [0.717, 1.165) is 13.1 Å². The molecule has 0 spiro atoms. The molecule has 0 bridgehead atoms. The lowest BCUT2D eigenvalue weighted by Crippen LogP contribution is -2.48. The molecule has 1 saturated heterocycles. The highest BCUT2D eigenvalue weighted by atomic mass is 16.4. The third-order valence-electron chi connectivity index (χ3n) is 4.73. The van der Waals surface area contributed by atoms with Crippen LogP contribution < -0.4 is 10.7 Å². The Morgan fingerprint density at radius 2 is 1.72 bits per heavy atom.